The number of thiophene rings is 1. The van der Waals surface area contributed by atoms with Crippen LogP contribution in [-0.4, -0.2) is 7.22 Å². The zero-order valence-electron chi connectivity index (χ0n) is 9.05. The second kappa shape index (κ2) is 3.79. The Labute approximate surface area is 90.4 Å². The van der Waals surface area contributed by atoms with Crippen molar-refractivity contribution in [3.8, 4) is 0 Å². The number of rotatable bonds is 2. The molecule has 0 aliphatic carbocycles. The molecule has 0 aromatic carbocycles. The van der Waals surface area contributed by atoms with Crippen molar-refractivity contribution in [2.75, 3.05) is 0 Å². The summed E-state index contributed by atoms with van der Waals surface area (Å²) in [6, 6.07) is 4.37. The lowest BCUT2D eigenvalue weighted by Gasteiger charge is -2.35. The molecule has 1 aromatic heterocycles. The minimum Gasteiger partial charge on any atom is -0.141 e. The topological polar surface area (TPSA) is 0 Å². The largest absolute Gasteiger partial charge is 0.141 e. The van der Waals surface area contributed by atoms with E-state index in [0.29, 0.717) is 5.04 Å². The van der Waals surface area contributed by atoms with E-state index < -0.39 is 7.22 Å². The van der Waals surface area contributed by atoms with Gasteiger partial charge in [0, 0.05) is 0 Å². The van der Waals surface area contributed by atoms with Gasteiger partial charge >= 0.3 is 0 Å². The average Bonchev–Trinajstić information content (AvgIpc) is 2.35. The molecule has 0 atom stereocenters. The van der Waals surface area contributed by atoms with Crippen LogP contribution in [0.3, 0.4) is 0 Å². The van der Waals surface area contributed by atoms with E-state index in [2.05, 4.69) is 62.6 Å². The monoisotopic (exact) mass is 230 g/mol. The van der Waals surface area contributed by atoms with Crippen LogP contribution in [0, 0.1) is 0 Å². The minimum absolute atomic E-state index is 0.474. The van der Waals surface area contributed by atoms with Crippen LogP contribution in [-0.2, 0) is 0 Å². The van der Waals surface area contributed by atoms with E-state index in [0.717, 1.165) is 0 Å². The standard InChI is InChI=1S/C10H18S2Si/c1-10(2,3)13(4,5)12-9-7-6-8-11-9/h6-8H,1-5H3. The fourth-order valence-corrected chi connectivity index (χ4v) is 7.43. The van der Waals surface area contributed by atoms with Crippen molar-refractivity contribution in [3.63, 3.8) is 0 Å². The lowest BCUT2D eigenvalue weighted by atomic mass is 10.2. The van der Waals surface area contributed by atoms with Crippen LogP contribution in [0.2, 0.25) is 18.1 Å². The third-order valence-corrected chi connectivity index (χ3v) is 12.8. The molecule has 0 radical (unpaired) electrons. The van der Waals surface area contributed by atoms with Crippen molar-refractivity contribution >= 4 is 29.8 Å². The van der Waals surface area contributed by atoms with Crippen molar-refractivity contribution in [2.24, 2.45) is 0 Å². The Morgan fingerprint density at radius 2 is 1.92 bits per heavy atom. The molecular weight excluding hydrogens is 212 g/mol. The van der Waals surface area contributed by atoms with E-state index in [1.54, 1.807) is 0 Å². The van der Waals surface area contributed by atoms with Crippen molar-refractivity contribution in [1.82, 2.24) is 0 Å². The van der Waals surface area contributed by atoms with Crippen LogP contribution in [0.5, 0.6) is 0 Å². The van der Waals surface area contributed by atoms with E-state index in [4.69, 9.17) is 0 Å². The first-order chi connectivity index (χ1) is 5.83. The zero-order chi connectivity index (χ0) is 10.1. The van der Waals surface area contributed by atoms with E-state index >= 15 is 0 Å². The lowest BCUT2D eigenvalue weighted by molar-refractivity contribution is 0.736. The average molecular weight is 230 g/mol. The van der Waals surface area contributed by atoms with E-state index in [9.17, 15) is 0 Å². The van der Waals surface area contributed by atoms with Gasteiger partial charge in [0.05, 0.1) is 4.21 Å². The van der Waals surface area contributed by atoms with Crippen molar-refractivity contribution in [2.45, 2.75) is 43.1 Å². The molecule has 13 heavy (non-hydrogen) atoms. The molecule has 1 rings (SSSR count). The highest BCUT2D eigenvalue weighted by Crippen LogP contribution is 2.47. The maximum Gasteiger partial charge on any atom is 0.123 e. The Morgan fingerprint density at radius 1 is 1.31 bits per heavy atom. The summed E-state index contributed by atoms with van der Waals surface area (Å²) in [4.78, 5) is 0. The zero-order valence-corrected chi connectivity index (χ0v) is 11.7. The van der Waals surface area contributed by atoms with E-state index in [1.165, 1.54) is 4.21 Å². The molecule has 1 aromatic rings. The predicted molar refractivity (Wildman–Crippen MR) is 67.4 cm³/mol. The molecule has 0 unspecified atom stereocenters. The smallest absolute Gasteiger partial charge is 0.123 e. The van der Waals surface area contributed by atoms with Crippen molar-refractivity contribution in [1.29, 1.82) is 0 Å². The van der Waals surface area contributed by atoms with Crippen LogP contribution in [0.1, 0.15) is 20.8 Å². The van der Waals surface area contributed by atoms with Gasteiger partial charge in [0.1, 0.15) is 7.22 Å². The van der Waals surface area contributed by atoms with Gasteiger partial charge in [-0.3, -0.25) is 0 Å². The van der Waals surface area contributed by atoms with Crippen LogP contribution in [0.4, 0.5) is 0 Å². The summed E-state index contributed by atoms with van der Waals surface area (Å²) < 4.78 is 1.48. The Balaban J connectivity index is 2.73. The maximum atomic E-state index is 2.46. The number of hydrogen-bond acceptors (Lipinski definition) is 2. The van der Waals surface area contributed by atoms with Gasteiger partial charge in [-0.15, -0.1) is 22.5 Å². The lowest BCUT2D eigenvalue weighted by Crippen LogP contribution is -2.33. The van der Waals surface area contributed by atoms with E-state index in [-0.39, 0.29) is 0 Å². The molecule has 0 aliphatic heterocycles. The quantitative estimate of drug-likeness (QED) is 0.655. The normalized spacial score (nSPS) is 13.3. The summed E-state index contributed by atoms with van der Waals surface area (Å²) in [5.41, 5.74) is 0. The first-order valence-electron chi connectivity index (χ1n) is 4.55. The molecule has 3 heteroatoms. The molecule has 0 fully saturated rings. The molecule has 0 aliphatic rings. The molecule has 74 valence electrons. The third kappa shape index (κ3) is 2.86. The molecule has 0 bridgehead atoms. The third-order valence-electron chi connectivity index (χ3n) is 2.66. The summed E-state index contributed by atoms with van der Waals surface area (Å²) >= 11 is 3.98. The van der Waals surface area contributed by atoms with Gasteiger partial charge in [0.25, 0.3) is 0 Å². The van der Waals surface area contributed by atoms with Crippen LogP contribution in [0.15, 0.2) is 21.7 Å². The van der Waals surface area contributed by atoms with Gasteiger partial charge in [0.2, 0.25) is 0 Å². The second-order valence-electron chi connectivity index (χ2n) is 4.79. The van der Waals surface area contributed by atoms with Crippen LogP contribution < -0.4 is 0 Å². The molecule has 0 nitrogen and oxygen atoms in total. The van der Waals surface area contributed by atoms with Gasteiger partial charge in [-0.2, -0.15) is 0 Å². The number of hydrogen-bond donors (Lipinski definition) is 0. The van der Waals surface area contributed by atoms with Crippen LogP contribution in [0.25, 0.3) is 0 Å². The van der Waals surface area contributed by atoms with Gasteiger partial charge in [0.15, 0.2) is 0 Å². The summed E-state index contributed by atoms with van der Waals surface area (Å²) in [5, 5.41) is 2.64. The summed E-state index contributed by atoms with van der Waals surface area (Å²) in [6.07, 6.45) is 0. The first kappa shape index (κ1) is 11.3. The highest BCUT2D eigenvalue weighted by Gasteiger charge is 2.36. The second-order valence-corrected chi connectivity index (χ2v) is 14.8. The van der Waals surface area contributed by atoms with Crippen LogP contribution >= 0.6 is 22.5 Å². The van der Waals surface area contributed by atoms with Gasteiger partial charge in [-0.05, 0) is 16.5 Å². The molecule has 0 amide bonds. The highest BCUT2D eigenvalue weighted by atomic mass is 32.4. The van der Waals surface area contributed by atoms with E-state index in [1.807, 2.05) is 11.3 Å². The summed E-state index contributed by atoms with van der Waals surface area (Å²) in [5.74, 6) is 0. The maximum absolute atomic E-state index is 2.46. The Morgan fingerprint density at radius 3 is 2.31 bits per heavy atom. The molecule has 0 N–H and O–H groups in total. The fourth-order valence-electron chi connectivity index (χ4n) is 0.726. The highest BCUT2D eigenvalue weighted by molar-refractivity contribution is 8.30. The van der Waals surface area contributed by atoms with Gasteiger partial charge in [-0.25, -0.2) is 0 Å². The Kier molecular flexibility index (Phi) is 3.31. The molecule has 1 heterocycles. The fraction of sp³-hybridized carbons (Fsp3) is 0.600. The van der Waals surface area contributed by atoms with Crippen molar-refractivity contribution < 1.29 is 0 Å². The SMILES string of the molecule is CC(C)(C)[Si](C)(C)Sc1cccs1. The predicted octanol–water partition coefficient (Wildman–Crippen LogP) is 4.85. The Hall–Kier alpha value is 0.267. The van der Waals surface area contributed by atoms with Crippen molar-refractivity contribution in [3.05, 3.63) is 17.5 Å². The summed E-state index contributed by atoms with van der Waals surface area (Å²) in [7, 11) is -1.18. The Bertz CT molecular complexity index is 257. The molecule has 0 saturated heterocycles. The van der Waals surface area contributed by atoms with Gasteiger partial charge < -0.3 is 0 Å². The molecular formula is C10H18S2Si. The minimum atomic E-state index is -1.18. The first-order valence-corrected chi connectivity index (χ1v) is 9.97. The summed E-state index contributed by atoms with van der Waals surface area (Å²) in [6.45, 7) is 12.0. The van der Waals surface area contributed by atoms with Gasteiger partial charge in [-0.1, -0.05) is 39.9 Å². The molecule has 0 saturated carbocycles. The molecule has 0 spiro atoms.